The van der Waals surface area contributed by atoms with Gasteiger partial charge < -0.3 is 75.9 Å². The van der Waals surface area contributed by atoms with Gasteiger partial charge in [-0.25, -0.2) is 0 Å². The van der Waals surface area contributed by atoms with Crippen LogP contribution < -0.4 is 65.9 Å². The molecule has 2 saturated heterocycles. The number of likely N-dealkylation sites (tertiary alicyclic amines) is 1. The van der Waals surface area contributed by atoms with E-state index in [1.165, 1.54) is 29.2 Å². The van der Waals surface area contributed by atoms with Crippen molar-refractivity contribution >= 4 is 86.6 Å². The fourth-order valence-corrected chi connectivity index (χ4v) is 10.1. The van der Waals surface area contributed by atoms with E-state index in [1.807, 2.05) is 0 Å². The van der Waals surface area contributed by atoms with Gasteiger partial charge in [0.15, 0.2) is 0 Å². The van der Waals surface area contributed by atoms with Gasteiger partial charge in [-0.3, -0.25) is 52.7 Å². The maximum atomic E-state index is 14.6. The summed E-state index contributed by atoms with van der Waals surface area (Å²) in [6.07, 6.45) is -0.386. The molecule has 8 atom stereocenters. The highest BCUT2D eigenvalue weighted by Gasteiger charge is 2.40. The monoisotopic (exact) mass is 1060 g/mol. The van der Waals surface area contributed by atoms with Gasteiger partial charge in [-0.15, -0.1) is 0 Å². The number of phenols is 1. The van der Waals surface area contributed by atoms with Gasteiger partial charge in [0.05, 0.1) is 19.0 Å². The minimum Gasteiger partial charge on any atom is -0.508 e. The zero-order valence-corrected chi connectivity index (χ0v) is 41.6. The molecule has 18 N–H and O–H groups in total. The third kappa shape index (κ3) is 19.5. The van der Waals surface area contributed by atoms with Crippen molar-refractivity contribution in [2.45, 2.75) is 113 Å². The van der Waals surface area contributed by atoms with E-state index < -0.39 is 139 Å². The molecule has 0 bridgehead atoms. The zero-order valence-electron chi connectivity index (χ0n) is 40.0. The molecule has 2 aliphatic heterocycles. The summed E-state index contributed by atoms with van der Waals surface area (Å²) in [7, 11) is 2.02. The van der Waals surface area contributed by atoms with Gasteiger partial charge in [-0.1, -0.05) is 64.1 Å². The summed E-state index contributed by atoms with van der Waals surface area (Å²) >= 11 is 0. The Bertz CT molecular complexity index is 2300. The molecule has 0 radical (unpaired) electrons. The number of benzene rings is 2. The molecule has 27 heteroatoms. The molecule has 2 aromatic carbocycles. The summed E-state index contributed by atoms with van der Waals surface area (Å²) in [5.74, 6) is -10.0. The summed E-state index contributed by atoms with van der Waals surface area (Å²) < 4.78 is 0. The second-order valence-electron chi connectivity index (χ2n) is 17.4. The van der Waals surface area contributed by atoms with Crippen molar-refractivity contribution in [3.8, 4) is 5.75 Å². The van der Waals surface area contributed by atoms with E-state index in [4.69, 9.17) is 28.7 Å². The minimum absolute atomic E-state index is 0.0324. The number of hydrogen-bond acceptors (Lipinski definition) is 16. The van der Waals surface area contributed by atoms with Crippen LogP contribution in [0.2, 0.25) is 0 Å². The standard InChI is InChI=1S/C46H65N13O12S2/c47-17-5-4-9-29(40(65)52-22-38(51)63)54-45(70)35-10-6-18-59(35)46(71)34-24-73-72-23-28(48)39(64)55-31(20-26-11-13-27(60)14-12-26)43(68)56-32(19-25-7-2-1-3-8-25)42(67)53-30(15-16-36(49)61)41(66)57-33(21-37(50)62)44(69)58-34/h1-3,7-8,11-14,28-35,60H,4-6,9-10,15-24,47-48H2,(H2,49,61)(H2,50,62)(H2,51,63)(H,52,65)(H,53,67)(H,54,70)(H,55,64)(H,56,68)(H,57,66)(H,58,69)/t28-,29-,30-,31?,32-,33-,34?,35-/m0/s1. The molecule has 2 heterocycles. The number of primary amides is 3. The van der Waals surface area contributed by atoms with E-state index in [2.05, 4.69) is 37.2 Å². The van der Waals surface area contributed by atoms with Crippen molar-refractivity contribution in [2.24, 2.45) is 28.7 Å². The van der Waals surface area contributed by atoms with Crippen LogP contribution in [-0.4, -0.2) is 154 Å². The highest BCUT2D eigenvalue weighted by Crippen LogP contribution is 2.26. The van der Waals surface area contributed by atoms with Gasteiger partial charge in [0.2, 0.25) is 65.0 Å². The minimum atomic E-state index is -1.78. The summed E-state index contributed by atoms with van der Waals surface area (Å²) in [6, 6.07) is 3.09. The lowest BCUT2D eigenvalue weighted by Gasteiger charge is -2.31. The number of nitrogens with zero attached hydrogens (tertiary/aromatic N) is 1. The van der Waals surface area contributed by atoms with Crippen molar-refractivity contribution in [1.82, 2.24) is 42.1 Å². The van der Waals surface area contributed by atoms with E-state index in [0.29, 0.717) is 36.9 Å². The molecular formula is C46H65N13O12S2. The largest absolute Gasteiger partial charge is 0.508 e. The van der Waals surface area contributed by atoms with Crippen LogP contribution in [0.1, 0.15) is 62.5 Å². The smallest absolute Gasteiger partial charge is 0.246 e. The Kier molecular flexibility index (Phi) is 23.7. The molecule has 11 amide bonds. The third-order valence-electron chi connectivity index (χ3n) is 11.6. The van der Waals surface area contributed by atoms with Gasteiger partial charge in [0.1, 0.15) is 48.0 Å². The molecule has 2 unspecified atom stereocenters. The van der Waals surface area contributed by atoms with Crippen LogP contribution in [0.3, 0.4) is 0 Å². The maximum absolute atomic E-state index is 14.6. The quantitative estimate of drug-likeness (QED) is 0.0467. The molecule has 0 aromatic heterocycles. The number of carbonyl (C=O) groups is 11. The van der Waals surface area contributed by atoms with E-state index in [9.17, 15) is 57.8 Å². The van der Waals surface area contributed by atoms with Crippen molar-refractivity contribution in [3.05, 3.63) is 65.7 Å². The Morgan fingerprint density at radius 2 is 1.27 bits per heavy atom. The van der Waals surface area contributed by atoms with Crippen molar-refractivity contribution in [2.75, 3.05) is 31.1 Å². The number of amides is 11. The van der Waals surface area contributed by atoms with Crippen molar-refractivity contribution in [3.63, 3.8) is 0 Å². The number of phenolic OH excluding ortho intramolecular Hbond substituents is 1. The normalized spacial score (nSPS) is 23.0. The molecule has 0 saturated carbocycles. The van der Waals surface area contributed by atoms with Gasteiger partial charge in [-0.05, 0) is 68.3 Å². The van der Waals surface area contributed by atoms with Crippen LogP contribution in [-0.2, 0) is 65.6 Å². The Balaban J connectivity index is 1.71. The van der Waals surface area contributed by atoms with Crippen LogP contribution in [0.5, 0.6) is 5.75 Å². The van der Waals surface area contributed by atoms with Gasteiger partial charge in [-0.2, -0.15) is 0 Å². The molecule has 0 spiro atoms. The number of aromatic hydroxyl groups is 1. The number of hydrogen-bond donors (Lipinski definition) is 13. The maximum Gasteiger partial charge on any atom is 0.246 e. The van der Waals surface area contributed by atoms with Crippen LogP contribution in [0.4, 0.5) is 0 Å². The Morgan fingerprint density at radius 1 is 0.699 bits per heavy atom. The third-order valence-corrected chi connectivity index (χ3v) is 14.1. The molecule has 398 valence electrons. The van der Waals surface area contributed by atoms with E-state index in [0.717, 1.165) is 21.6 Å². The van der Waals surface area contributed by atoms with Crippen LogP contribution in [0.25, 0.3) is 0 Å². The molecule has 0 aliphatic carbocycles. The van der Waals surface area contributed by atoms with Gasteiger partial charge in [0, 0.05) is 37.3 Å². The molecule has 25 nitrogen and oxygen atoms in total. The molecule has 2 aliphatic rings. The lowest BCUT2D eigenvalue weighted by atomic mass is 10.0. The first-order valence-corrected chi connectivity index (χ1v) is 26.0. The van der Waals surface area contributed by atoms with Crippen LogP contribution >= 0.6 is 21.6 Å². The average Bonchev–Trinajstić information content (AvgIpc) is 3.85. The van der Waals surface area contributed by atoms with E-state index in [1.54, 1.807) is 30.3 Å². The SMILES string of the molecule is NCCCC[C@H](NC(=O)[C@@H]1CCCN1C(=O)C1CSSC[C@H](N)C(=O)NC(Cc2ccc(O)cc2)C(=O)N[C@@H](Cc2ccccc2)C(=O)N[C@@H](CCC(N)=O)C(=O)N[C@@H](CC(N)=O)C(=O)N1)C(=O)NCC(N)=O. The molecule has 2 fully saturated rings. The zero-order chi connectivity index (χ0) is 53.6. The summed E-state index contributed by atoms with van der Waals surface area (Å²) in [5, 5.41) is 27.7. The topological polar surface area (TPSA) is 426 Å². The van der Waals surface area contributed by atoms with Gasteiger partial charge in [0.25, 0.3) is 0 Å². The number of rotatable bonds is 19. The first-order chi connectivity index (χ1) is 34.8. The molecular weight excluding hydrogens is 991 g/mol. The van der Waals surface area contributed by atoms with Crippen LogP contribution in [0, 0.1) is 0 Å². The first-order valence-electron chi connectivity index (χ1n) is 23.5. The molecule has 4 rings (SSSR count). The fourth-order valence-electron chi connectivity index (χ4n) is 7.79. The van der Waals surface area contributed by atoms with E-state index >= 15 is 0 Å². The molecule has 73 heavy (non-hydrogen) atoms. The summed E-state index contributed by atoms with van der Waals surface area (Å²) in [6.45, 7) is -0.147. The Morgan fingerprint density at radius 3 is 1.89 bits per heavy atom. The van der Waals surface area contributed by atoms with Crippen LogP contribution in [0.15, 0.2) is 54.6 Å². The highest BCUT2D eigenvalue weighted by molar-refractivity contribution is 8.76. The predicted octanol–water partition coefficient (Wildman–Crippen LogP) is -4.33. The predicted molar refractivity (Wildman–Crippen MR) is 269 cm³/mol. The fraction of sp³-hybridized carbons (Fsp3) is 0.500. The highest BCUT2D eigenvalue weighted by atomic mass is 33.1. The number of carbonyl (C=O) groups excluding carboxylic acids is 11. The number of unbranched alkanes of at least 4 members (excludes halogenated alkanes) is 1. The number of nitrogens with two attached hydrogens (primary N) is 5. The van der Waals surface area contributed by atoms with Crippen molar-refractivity contribution < 1.29 is 57.8 Å². The lowest BCUT2D eigenvalue weighted by Crippen LogP contribution is -2.61. The Labute approximate surface area is 428 Å². The summed E-state index contributed by atoms with van der Waals surface area (Å²) in [5.41, 5.74) is 29.2. The lowest BCUT2D eigenvalue weighted by molar-refractivity contribution is -0.142. The van der Waals surface area contributed by atoms with Crippen molar-refractivity contribution in [1.29, 1.82) is 0 Å². The van der Waals surface area contributed by atoms with Gasteiger partial charge >= 0.3 is 0 Å². The second-order valence-corrected chi connectivity index (χ2v) is 20.0. The van der Waals surface area contributed by atoms with E-state index in [-0.39, 0.29) is 49.5 Å². The Hall–Kier alpha value is -6.97. The summed E-state index contributed by atoms with van der Waals surface area (Å²) in [4.78, 5) is 149. The average molecular weight is 1060 g/mol. The second kappa shape index (κ2) is 29.5. The first kappa shape index (κ1) is 58.6. The number of nitrogens with one attached hydrogen (secondary N) is 7. The molecule has 2 aromatic rings.